The predicted molar refractivity (Wildman–Crippen MR) is 114 cm³/mol. The van der Waals surface area contributed by atoms with E-state index in [0.717, 1.165) is 44.9 Å². The van der Waals surface area contributed by atoms with E-state index in [9.17, 15) is 5.11 Å². The van der Waals surface area contributed by atoms with Gasteiger partial charge in [-0.2, -0.15) is 0 Å². The van der Waals surface area contributed by atoms with Gasteiger partial charge in [0.1, 0.15) is 0 Å². The van der Waals surface area contributed by atoms with Crippen molar-refractivity contribution in [2.24, 2.45) is 11.8 Å². The average molecular weight is 385 g/mol. The zero-order valence-corrected chi connectivity index (χ0v) is 17.2. The van der Waals surface area contributed by atoms with Crippen molar-refractivity contribution in [3.63, 3.8) is 0 Å². The molecule has 154 valence electrons. The highest BCUT2D eigenvalue weighted by Gasteiger charge is 2.46. The molecular weight excluding hydrogens is 348 g/mol. The van der Waals surface area contributed by atoms with Gasteiger partial charge in [-0.15, -0.1) is 0 Å². The Hall–Kier alpha value is -1.42. The van der Waals surface area contributed by atoms with Gasteiger partial charge >= 0.3 is 0 Å². The molecule has 2 saturated heterocycles. The minimum absolute atomic E-state index is 0.285. The molecule has 2 fully saturated rings. The summed E-state index contributed by atoms with van der Waals surface area (Å²) < 4.78 is 6.17. The van der Waals surface area contributed by atoms with Crippen LogP contribution >= 0.6 is 0 Å². The maximum atomic E-state index is 10.4. The van der Waals surface area contributed by atoms with E-state index in [-0.39, 0.29) is 6.61 Å². The fourth-order valence-electron chi connectivity index (χ4n) is 4.55. The zero-order chi connectivity index (χ0) is 19.8. The third-order valence-electron chi connectivity index (χ3n) is 6.25. The number of ether oxygens (including phenoxy) is 1. The number of aliphatic hydroxyl groups excluding tert-OH is 2. The van der Waals surface area contributed by atoms with E-state index >= 15 is 0 Å². The van der Waals surface area contributed by atoms with Gasteiger partial charge in [-0.05, 0) is 69.8 Å². The van der Waals surface area contributed by atoms with Gasteiger partial charge in [0.05, 0.1) is 18.3 Å². The quantitative estimate of drug-likeness (QED) is 0.428. The number of aliphatic hydroxyl groups is 2. The van der Waals surface area contributed by atoms with Crippen LogP contribution in [0.15, 0.2) is 48.6 Å². The first-order valence-corrected chi connectivity index (χ1v) is 11.0. The van der Waals surface area contributed by atoms with Gasteiger partial charge in [0.15, 0.2) is 0 Å². The lowest BCUT2D eigenvalue weighted by molar-refractivity contribution is 0.0899. The van der Waals surface area contributed by atoms with Gasteiger partial charge in [0.2, 0.25) is 0 Å². The number of aryl methyl sites for hydroxylation is 2. The molecule has 2 aliphatic rings. The summed E-state index contributed by atoms with van der Waals surface area (Å²) in [4.78, 5) is 0. The SMILES string of the molecule is Cc1ccc(CCC(O)/C=C/C2C3CCC(O3)C2C/C=C/CCCCO)cc1. The van der Waals surface area contributed by atoms with Crippen LogP contribution in [-0.4, -0.2) is 35.1 Å². The summed E-state index contributed by atoms with van der Waals surface area (Å²) in [6.07, 6.45) is 17.1. The number of hydrogen-bond donors (Lipinski definition) is 2. The highest BCUT2D eigenvalue weighted by Crippen LogP contribution is 2.45. The van der Waals surface area contributed by atoms with E-state index in [4.69, 9.17) is 9.84 Å². The lowest BCUT2D eigenvalue weighted by Crippen LogP contribution is -2.25. The molecule has 2 aliphatic heterocycles. The molecule has 5 atom stereocenters. The van der Waals surface area contributed by atoms with Crippen LogP contribution in [-0.2, 0) is 11.2 Å². The highest BCUT2D eigenvalue weighted by molar-refractivity contribution is 5.21. The molecule has 2 N–H and O–H groups in total. The first-order valence-electron chi connectivity index (χ1n) is 11.0. The summed E-state index contributed by atoms with van der Waals surface area (Å²) in [6.45, 7) is 2.38. The van der Waals surface area contributed by atoms with Crippen LogP contribution in [0.25, 0.3) is 0 Å². The third kappa shape index (κ3) is 6.04. The molecule has 2 bridgehead atoms. The molecule has 1 aromatic rings. The Kier molecular flexibility index (Phi) is 8.32. The Morgan fingerprint density at radius 2 is 1.89 bits per heavy atom. The van der Waals surface area contributed by atoms with Crippen LogP contribution < -0.4 is 0 Å². The van der Waals surface area contributed by atoms with Crippen LogP contribution in [0.1, 0.15) is 56.1 Å². The number of unbranched alkanes of at least 4 members (excludes halogenated alkanes) is 2. The van der Waals surface area contributed by atoms with Crippen molar-refractivity contribution < 1.29 is 14.9 Å². The van der Waals surface area contributed by atoms with E-state index in [2.05, 4.69) is 49.4 Å². The fourth-order valence-corrected chi connectivity index (χ4v) is 4.55. The summed E-state index contributed by atoms with van der Waals surface area (Å²) in [6, 6.07) is 8.56. The number of benzene rings is 1. The van der Waals surface area contributed by atoms with Crippen LogP contribution in [0, 0.1) is 18.8 Å². The number of hydrogen-bond acceptors (Lipinski definition) is 3. The lowest BCUT2D eigenvalue weighted by Gasteiger charge is -2.25. The monoisotopic (exact) mass is 384 g/mol. The number of fused-ring (bicyclic) bond motifs is 2. The summed E-state index contributed by atoms with van der Waals surface area (Å²) >= 11 is 0. The van der Waals surface area contributed by atoms with Gasteiger partial charge in [-0.1, -0.05) is 54.1 Å². The van der Waals surface area contributed by atoms with Crippen molar-refractivity contribution in [3.8, 4) is 0 Å². The van der Waals surface area contributed by atoms with Crippen molar-refractivity contribution in [3.05, 3.63) is 59.7 Å². The second-order valence-corrected chi connectivity index (χ2v) is 8.43. The molecule has 0 spiro atoms. The number of rotatable bonds is 11. The van der Waals surface area contributed by atoms with Crippen LogP contribution in [0.5, 0.6) is 0 Å². The molecule has 3 rings (SSSR count). The molecule has 0 saturated carbocycles. The van der Waals surface area contributed by atoms with E-state index < -0.39 is 6.10 Å². The van der Waals surface area contributed by atoms with Gasteiger partial charge < -0.3 is 14.9 Å². The van der Waals surface area contributed by atoms with Crippen molar-refractivity contribution in [1.82, 2.24) is 0 Å². The highest BCUT2D eigenvalue weighted by atomic mass is 16.5. The molecule has 1 aromatic carbocycles. The third-order valence-corrected chi connectivity index (χ3v) is 6.25. The van der Waals surface area contributed by atoms with Crippen molar-refractivity contribution >= 4 is 0 Å². The second-order valence-electron chi connectivity index (χ2n) is 8.43. The minimum Gasteiger partial charge on any atom is -0.396 e. The van der Waals surface area contributed by atoms with Crippen molar-refractivity contribution in [2.75, 3.05) is 6.61 Å². The molecule has 3 heteroatoms. The fraction of sp³-hybridized carbons (Fsp3) is 0.600. The van der Waals surface area contributed by atoms with Gasteiger partial charge in [0.25, 0.3) is 0 Å². The van der Waals surface area contributed by atoms with Crippen molar-refractivity contribution in [1.29, 1.82) is 0 Å². The smallest absolute Gasteiger partial charge is 0.0724 e. The standard InChI is InChI=1S/C25H36O3/c1-19-8-10-20(11-9-19)12-13-21(27)14-15-23-22(24-16-17-25(23)28-24)7-5-3-2-4-6-18-26/h3,5,8-11,14-15,21-27H,2,4,6-7,12-13,16-18H2,1H3/b5-3+,15-14+. The predicted octanol–water partition coefficient (Wildman–Crippen LogP) is 4.75. The van der Waals surface area contributed by atoms with Crippen molar-refractivity contribution in [2.45, 2.75) is 76.6 Å². The Bertz CT molecular complexity index is 634. The van der Waals surface area contributed by atoms with Gasteiger partial charge in [-0.3, -0.25) is 0 Å². The molecule has 0 aliphatic carbocycles. The Labute approximate surface area is 170 Å². The van der Waals surface area contributed by atoms with Gasteiger partial charge in [-0.25, -0.2) is 0 Å². The summed E-state index contributed by atoms with van der Waals surface area (Å²) in [5.74, 6) is 0.961. The second kappa shape index (κ2) is 10.9. The zero-order valence-electron chi connectivity index (χ0n) is 17.2. The van der Waals surface area contributed by atoms with E-state index in [1.54, 1.807) is 0 Å². The van der Waals surface area contributed by atoms with E-state index in [1.165, 1.54) is 17.5 Å². The van der Waals surface area contributed by atoms with Crippen LogP contribution in [0.4, 0.5) is 0 Å². The molecule has 2 heterocycles. The molecule has 5 unspecified atom stereocenters. The summed E-state index contributed by atoms with van der Waals surface area (Å²) in [7, 11) is 0. The molecule has 0 radical (unpaired) electrons. The Morgan fingerprint density at radius 1 is 1.11 bits per heavy atom. The maximum absolute atomic E-state index is 10.4. The van der Waals surface area contributed by atoms with Gasteiger partial charge in [0, 0.05) is 12.5 Å². The Balaban J connectivity index is 1.47. The first-order chi connectivity index (χ1) is 13.7. The first kappa shape index (κ1) is 21.3. The topological polar surface area (TPSA) is 49.7 Å². The maximum Gasteiger partial charge on any atom is 0.0724 e. The largest absolute Gasteiger partial charge is 0.396 e. The molecular formula is C25H36O3. The summed E-state index contributed by atoms with van der Waals surface area (Å²) in [5.41, 5.74) is 2.56. The molecule has 0 amide bonds. The van der Waals surface area contributed by atoms with Crippen LogP contribution in [0.3, 0.4) is 0 Å². The van der Waals surface area contributed by atoms with Crippen LogP contribution in [0.2, 0.25) is 0 Å². The Morgan fingerprint density at radius 3 is 2.68 bits per heavy atom. The number of allylic oxidation sites excluding steroid dienone is 2. The minimum atomic E-state index is -0.393. The molecule has 0 aromatic heterocycles. The van der Waals surface area contributed by atoms with E-state index in [0.29, 0.717) is 24.0 Å². The normalized spacial score (nSPS) is 28.0. The lowest BCUT2D eigenvalue weighted by atomic mass is 9.77. The molecule has 3 nitrogen and oxygen atoms in total. The molecule has 28 heavy (non-hydrogen) atoms. The summed E-state index contributed by atoms with van der Waals surface area (Å²) in [5, 5.41) is 19.3. The van der Waals surface area contributed by atoms with E-state index in [1.807, 2.05) is 6.08 Å². The average Bonchev–Trinajstić information content (AvgIpc) is 3.30.